The SMILES string of the molecule is NC/C=C/C(=O)Nc1ccc(Cl)c([N+](=O)[O-])c1. The van der Waals surface area contributed by atoms with Crippen molar-refractivity contribution in [3.05, 3.63) is 45.5 Å². The Bertz CT molecular complexity index is 474. The average Bonchev–Trinajstić information content (AvgIpc) is 2.28. The number of benzene rings is 1. The number of rotatable bonds is 4. The Morgan fingerprint density at radius 2 is 2.29 bits per heavy atom. The smallest absolute Gasteiger partial charge is 0.289 e. The molecule has 0 fully saturated rings. The number of carbonyl (C=O) groups is 1. The first-order valence-electron chi connectivity index (χ1n) is 4.66. The van der Waals surface area contributed by atoms with Gasteiger partial charge in [0.15, 0.2) is 0 Å². The molecule has 1 amide bonds. The molecule has 0 saturated carbocycles. The van der Waals surface area contributed by atoms with Crippen LogP contribution >= 0.6 is 11.6 Å². The molecule has 0 heterocycles. The van der Waals surface area contributed by atoms with Crippen LogP contribution in [0.1, 0.15) is 0 Å². The van der Waals surface area contributed by atoms with Gasteiger partial charge in [-0.25, -0.2) is 0 Å². The van der Waals surface area contributed by atoms with E-state index in [0.29, 0.717) is 5.69 Å². The van der Waals surface area contributed by atoms with E-state index < -0.39 is 10.8 Å². The highest BCUT2D eigenvalue weighted by Gasteiger charge is 2.13. The summed E-state index contributed by atoms with van der Waals surface area (Å²) in [6, 6.07) is 4.02. The molecule has 3 N–H and O–H groups in total. The van der Waals surface area contributed by atoms with E-state index in [9.17, 15) is 14.9 Å². The van der Waals surface area contributed by atoms with Crippen LogP contribution < -0.4 is 11.1 Å². The molecule has 1 aromatic rings. The van der Waals surface area contributed by atoms with Crippen molar-refractivity contribution >= 4 is 28.9 Å². The summed E-state index contributed by atoms with van der Waals surface area (Å²) in [6.07, 6.45) is 2.72. The van der Waals surface area contributed by atoms with Crippen LogP contribution in [0.3, 0.4) is 0 Å². The Kier molecular flexibility index (Phi) is 4.62. The van der Waals surface area contributed by atoms with Crippen LogP contribution in [0.2, 0.25) is 5.02 Å². The number of nitrogens with one attached hydrogen (secondary N) is 1. The highest BCUT2D eigenvalue weighted by molar-refractivity contribution is 6.32. The second-order valence-electron chi connectivity index (χ2n) is 3.05. The predicted octanol–water partition coefficient (Wildman–Crippen LogP) is 1.70. The fraction of sp³-hybridized carbons (Fsp3) is 0.100. The maximum atomic E-state index is 11.3. The zero-order valence-electron chi connectivity index (χ0n) is 8.72. The minimum absolute atomic E-state index is 0.0190. The number of nitro benzene ring substituents is 1. The number of carbonyl (C=O) groups excluding carboxylic acids is 1. The van der Waals surface area contributed by atoms with Crippen molar-refractivity contribution in [3.63, 3.8) is 0 Å². The second kappa shape index (κ2) is 5.97. The third-order valence-electron chi connectivity index (χ3n) is 1.82. The van der Waals surface area contributed by atoms with E-state index in [1.54, 1.807) is 0 Å². The molecule has 0 aliphatic rings. The summed E-state index contributed by atoms with van der Waals surface area (Å²) in [5.41, 5.74) is 5.22. The number of hydrogen-bond donors (Lipinski definition) is 2. The van der Waals surface area contributed by atoms with Gasteiger partial charge in [0, 0.05) is 24.4 Å². The van der Waals surface area contributed by atoms with Crippen LogP contribution in [0.25, 0.3) is 0 Å². The molecule has 6 nitrogen and oxygen atoms in total. The molecule has 7 heteroatoms. The van der Waals surface area contributed by atoms with E-state index >= 15 is 0 Å². The molecule has 0 radical (unpaired) electrons. The Hall–Kier alpha value is -1.92. The summed E-state index contributed by atoms with van der Waals surface area (Å²) in [5, 5.41) is 13.1. The normalized spacial score (nSPS) is 10.5. The van der Waals surface area contributed by atoms with Crippen molar-refractivity contribution in [1.82, 2.24) is 0 Å². The molecule has 0 aliphatic heterocycles. The third-order valence-corrected chi connectivity index (χ3v) is 2.14. The first-order valence-corrected chi connectivity index (χ1v) is 5.04. The highest BCUT2D eigenvalue weighted by atomic mass is 35.5. The van der Waals surface area contributed by atoms with Crippen molar-refractivity contribution in [2.75, 3.05) is 11.9 Å². The lowest BCUT2D eigenvalue weighted by molar-refractivity contribution is -0.384. The lowest BCUT2D eigenvalue weighted by atomic mass is 10.2. The van der Waals surface area contributed by atoms with Gasteiger partial charge in [0.05, 0.1) is 4.92 Å². The minimum atomic E-state index is -0.617. The number of nitro groups is 1. The summed E-state index contributed by atoms with van der Waals surface area (Å²) < 4.78 is 0. The molecule has 0 unspecified atom stereocenters. The molecule has 0 saturated heterocycles. The summed E-state index contributed by atoms with van der Waals surface area (Å²) in [4.78, 5) is 21.3. The van der Waals surface area contributed by atoms with E-state index in [4.69, 9.17) is 17.3 Å². The minimum Gasteiger partial charge on any atom is -0.327 e. The molecule has 0 atom stereocenters. The average molecular weight is 256 g/mol. The van der Waals surface area contributed by atoms with Gasteiger partial charge in [-0.3, -0.25) is 14.9 Å². The molecule has 1 rings (SSSR count). The topological polar surface area (TPSA) is 98.3 Å². The molecule has 90 valence electrons. The van der Waals surface area contributed by atoms with Crippen molar-refractivity contribution in [3.8, 4) is 0 Å². The summed E-state index contributed by atoms with van der Waals surface area (Å²) in [5.74, 6) is -0.410. The van der Waals surface area contributed by atoms with E-state index in [2.05, 4.69) is 5.32 Å². The lowest BCUT2D eigenvalue weighted by Gasteiger charge is -2.02. The zero-order valence-corrected chi connectivity index (χ0v) is 9.48. The van der Waals surface area contributed by atoms with Crippen LogP contribution in [-0.2, 0) is 4.79 Å². The molecule has 0 aliphatic carbocycles. The third kappa shape index (κ3) is 3.86. The van der Waals surface area contributed by atoms with Crippen molar-refractivity contribution in [2.24, 2.45) is 5.73 Å². The highest BCUT2D eigenvalue weighted by Crippen LogP contribution is 2.27. The van der Waals surface area contributed by atoms with E-state index in [-0.39, 0.29) is 17.3 Å². The van der Waals surface area contributed by atoms with Gasteiger partial charge in [-0.1, -0.05) is 17.7 Å². The van der Waals surface area contributed by atoms with Gasteiger partial charge in [-0.05, 0) is 12.1 Å². The maximum Gasteiger partial charge on any atom is 0.289 e. The predicted molar refractivity (Wildman–Crippen MR) is 64.9 cm³/mol. The second-order valence-corrected chi connectivity index (χ2v) is 3.46. The number of amides is 1. The quantitative estimate of drug-likeness (QED) is 0.486. The maximum absolute atomic E-state index is 11.3. The van der Waals surface area contributed by atoms with Gasteiger partial charge in [-0.15, -0.1) is 0 Å². The van der Waals surface area contributed by atoms with Crippen LogP contribution in [0, 0.1) is 10.1 Å². The molecule has 0 bridgehead atoms. The van der Waals surface area contributed by atoms with Gasteiger partial charge in [0.2, 0.25) is 5.91 Å². The Labute approximate surface area is 102 Å². The number of anilines is 1. The number of hydrogen-bond acceptors (Lipinski definition) is 4. The van der Waals surface area contributed by atoms with Gasteiger partial charge in [0.1, 0.15) is 5.02 Å². The molecule has 0 spiro atoms. The van der Waals surface area contributed by atoms with Crippen LogP contribution in [0.5, 0.6) is 0 Å². The number of nitrogens with two attached hydrogens (primary N) is 1. The molecular weight excluding hydrogens is 246 g/mol. The molecule has 0 aromatic heterocycles. The summed E-state index contributed by atoms with van der Waals surface area (Å²) >= 11 is 5.63. The van der Waals surface area contributed by atoms with Gasteiger partial charge < -0.3 is 11.1 Å². The zero-order chi connectivity index (χ0) is 12.8. The standard InChI is InChI=1S/C10H10ClN3O3/c11-8-4-3-7(6-9(8)14(16)17)13-10(15)2-1-5-12/h1-4,6H,5,12H2,(H,13,15)/b2-1+. The fourth-order valence-electron chi connectivity index (χ4n) is 1.09. The Balaban J connectivity index is 2.86. The van der Waals surface area contributed by atoms with Crippen molar-refractivity contribution in [1.29, 1.82) is 0 Å². The first-order chi connectivity index (χ1) is 8.04. The Morgan fingerprint density at radius 1 is 1.59 bits per heavy atom. The first kappa shape index (κ1) is 13.1. The molecule has 1 aromatic carbocycles. The largest absolute Gasteiger partial charge is 0.327 e. The van der Waals surface area contributed by atoms with Crippen LogP contribution in [0.4, 0.5) is 11.4 Å². The van der Waals surface area contributed by atoms with E-state index in [1.807, 2.05) is 0 Å². The molecular formula is C10H10ClN3O3. The van der Waals surface area contributed by atoms with Crippen molar-refractivity contribution < 1.29 is 9.72 Å². The monoisotopic (exact) mass is 255 g/mol. The summed E-state index contributed by atoms with van der Waals surface area (Å²) in [6.45, 7) is 0.244. The Morgan fingerprint density at radius 3 is 2.88 bits per heavy atom. The number of halogens is 1. The van der Waals surface area contributed by atoms with E-state index in [0.717, 1.165) is 0 Å². The van der Waals surface area contributed by atoms with Gasteiger partial charge in [0.25, 0.3) is 5.69 Å². The van der Waals surface area contributed by atoms with Gasteiger partial charge in [-0.2, -0.15) is 0 Å². The number of nitrogens with zero attached hydrogens (tertiary/aromatic N) is 1. The fourth-order valence-corrected chi connectivity index (χ4v) is 1.28. The van der Waals surface area contributed by atoms with Crippen LogP contribution in [-0.4, -0.2) is 17.4 Å². The lowest BCUT2D eigenvalue weighted by Crippen LogP contribution is -2.09. The van der Waals surface area contributed by atoms with Gasteiger partial charge >= 0.3 is 0 Å². The molecule has 17 heavy (non-hydrogen) atoms. The van der Waals surface area contributed by atoms with Crippen LogP contribution in [0.15, 0.2) is 30.4 Å². The van der Waals surface area contributed by atoms with E-state index in [1.165, 1.54) is 30.4 Å². The van der Waals surface area contributed by atoms with Crippen molar-refractivity contribution in [2.45, 2.75) is 0 Å². The summed E-state index contributed by atoms with van der Waals surface area (Å²) in [7, 11) is 0.